The Morgan fingerprint density at radius 3 is 2.69 bits per heavy atom. The normalized spacial score (nSPS) is 29.5. The van der Waals surface area contributed by atoms with Crippen LogP contribution in [0.15, 0.2) is 4.99 Å². The Morgan fingerprint density at radius 2 is 2.00 bits per heavy atom. The zero-order chi connectivity index (χ0) is 19.9. The van der Waals surface area contributed by atoms with Crippen LogP contribution in [0.25, 0.3) is 0 Å². The lowest BCUT2D eigenvalue weighted by atomic mass is 9.85. The number of rotatable bonds is 7. The molecule has 3 N–H and O–H groups in total. The van der Waals surface area contributed by atoms with E-state index in [1.54, 1.807) is 0 Å². The lowest BCUT2D eigenvalue weighted by molar-refractivity contribution is -0.126. The molecule has 0 spiro atoms. The van der Waals surface area contributed by atoms with E-state index < -0.39 is 0 Å². The van der Waals surface area contributed by atoms with Crippen LogP contribution < -0.4 is 16.0 Å². The summed E-state index contributed by atoms with van der Waals surface area (Å²) in [6, 6.07) is 1.60. The lowest BCUT2D eigenvalue weighted by Gasteiger charge is -2.37. The van der Waals surface area contributed by atoms with Gasteiger partial charge in [-0.3, -0.25) is 14.7 Å². The van der Waals surface area contributed by atoms with Gasteiger partial charge in [0.1, 0.15) is 0 Å². The summed E-state index contributed by atoms with van der Waals surface area (Å²) in [6.07, 6.45) is 6.42. The molecular weight excluding hydrogens is 481 g/mol. The predicted molar refractivity (Wildman–Crippen MR) is 128 cm³/mol. The van der Waals surface area contributed by atoms with Crippen molar-refractivity contribution in [1.29, 1.82) is 0 Å². The number of hydrogen-bond acceptors (Lipinski definition) is 4. The number of hydrogen-bond donors (Lipinski definition) is 3. The minimum atomic E-state index is 0. The molecule has 1 amide bonds. The number of carbonyl (C=O) groups excluding carboxylic acids is 1. The van der Waals surface area contributed by atoms with Crippen molar-refractivity contribution in [2.24, 2.45) is 10.9 Å². The van der Waals surface area contributed by atoms with E-state index in [-0.39, 0.29) is 35.8 Å². The van der Waals surface area contributed by atoms with Crippen LogP contribution in [0.5, 0.6) is 0 Å². The van der Waals surface area contributed by atoms with Crippen LogP contribution in [0, 0.1) is 5.92 Å². The van der Waals surface area contributed by atoms with E-state index in [9.17, 15) is 4.79 Å². The van der Waals surface area contributed by atoms with Gasteiger partial charge in [0.25, 0.3) is 0 Å². The van der Waals surface area contributed by atoms with Crippen LogP contribution in [0.2, 0.25) is 0 Å². The monoisotopic (exact) mass is 521 g/mol. The van der Waals surface area contributed by atoms with Gasteiger partial charge in [0.15, 0.2) is 5.96 Å². The van der Waals surface area contributed by atoms with Crippen molar-refractivity contribution < 1.29 is 9.53 Å². The third-order valence-corrected chi connectivity index (χ3v) is 6.15. The van der Waals surface area contributed by atoms with E-state index in [4.69, 9.17) is 9.73 Å². The summed E-state index contributed by atoms with van der Waals surface area (Å²) in [5, 5.41) is 10.2. The fourth-order valence-corrected chi connectivity index (χ4v) is 4.34. The standard InChI is InChI=1S/C21H39N5O2.HI/c1-4-22-21(23-13-15(2)26-10-11-28-14-16(26)3)25-19-7-5-6-17(12-19)20(27)24-18-8-9-18;/h15-19H,4-14H2,1-3H3,(H,24,27)(H2,22,23,25);1H. The molecule has 7 nitrogen and oxygen atoms in total. The quantitative estimate of drug-likeness (QED) is 0.272. The van der Waals surface area contributed by atoms with Crippen molar-refractivity contribution in [3.05, 3.63) is 0 Å². The van der Waals surface area contributed by atoms with E-state index in [1.807, 2.05) is 0 Å². The highest BCUT2D eigenvalue weighted by atomic mass is 127. The Labute approximate surface area is 193 Å². The van der Waals surface area contributed by atoms with Crippen LogP contribution >= 0.6 is 24.0 Å². The van der Waals surface area contributed by atoms with Crippen LogP contribution in [-0.4, -0.2) is 73.8 Å². The van der Waals surface area contributed by atoms with Crippen molar-refractivity contribution >= 4 is 35.8 Å². The van der Waals surface area contributed by atoms with E-state index >= 15 is 0 Å². The highest BCUT2D eigenvalue weighted by Gasteiger charge is 2.31. The van der Waals surface area contributed by atoms with Gasteiger partial charge in [-0.2, -0.15) is 0 Å². The van der Waals surface area contributed by atoms with Crippen LogP contribution in [0.4, 0.5) is 0 Å². The first-order chi connectivity index (χ1) is 13.6. The molecule has 4 atom stereocenters. The lowest BCUT2D eigenvalue weighted by Crippen LogP contribution is -2.50. The number of morpholine rings is 1. The van der Waals surface area contributed by atoms with Crippen molar-refractivity contribution in [2.45, 2.75) is 83.5 Å². The summed E-state index contributed by atoms with van der Waals surface area (Å²) < 4.78 is 5.55. The topological polar surface area (TPSA) is 78.0 Å². The number of guanidine groups is 1. The smallest absolute Gasteiger partial charge is 0.223 e. The molecule has 168 valence electrons. The van der Waals surface area contributed by atoms with Gasteiger partial charge in [0.05, 0.1) is 19.8 Å². The molecule has 3 fully saturated rings. The molecule has 0 aromatic heterocycles. The molecule has 2 aliphatic carbocycles. The molecule has 0 aromatic rings. The van der Waals surface area contributed by atoms with Gasteiger partial charge in [0.2, 0.25) is 5.91 Å². The zero-order valence-corrected chi connectivity index (χ0v) is 20.6. The van der Waals surface area contributed by atoms with Crippen molar-refractivity contribution in [3.63, 3.8) is 0 Å². The van der Waals surface area contributed by atoms with E-state index in [1.165, 1.54) is 0 Å². The highest BCUT2D eigenvalue weighted by Crippen LogP contribution is 2.26. The summed E-state index contributed by atoms with van der Waals surface area (Å²) >= 11 is 0. The second-order valence-corrected chi connectivity index (χ2v) is 8.72. The van der Waals surface area contributed by atoms with Gasteiger partial charge >= 0.3 is 0 Å². The second kappa shape index (κ2) is 12.3. The molecule has 1 heterocycles. The fourth-order valence-electron chi connectivity index (χ4n) is 4.34. The predicted octanol–water partition coefficient (Wildman–Crippen LogP) is 2.11. The van der Waals surface area contributed by atoms with Gasteiger partial charge in [-0.25, -0.2) is 0 Å². The first kappa shape index (κ1) is 24.7. The molecule has 0 aromatic carbocycles. The molecule has 4 unspecified atom stereocenters. The van der Waals surface area contributed by atoms with E-state index in [2.05, 4.69) is 41.6 Å². The van der Waals surface area contributed by atoms with Gasteiger partial charge in [0, 0.05) is 43.2 Å². The largest absolute Gasteiger partial charge is 0.379 e. The number of aliphatic imine (C=N–C) groups is 1. The number of nitrogens with zero attached hydrogens (tertiary/aromatic N) is 2. The molecule has 0 bridgehead atoms. The highest BCUT2D eigenvalue weighted by molar-refractivity contribution is 14.0. The first-order valence-corrected chi connectivity index (χ1v) is 11.3. The average molecular weight is 521 g/mol. The number of amides is 1. The second-order valence-electron chi connectivity index (χ2n) is 8.72. The molecule has 8 heteroatoms. The maximum Gasteiger partial charge on any atom is 0.223 e. The van der Waals surface area contributed by atoms with E-state index in [0.29, 0.717) is 24.2 Å². The van der Waals surface area contributed by atoms with Gasteiger partial charge in [-0.1, -0.05) is 6.42 Å². The van der Waals surface area contributed by atoms with E-state index in [0.717, 1.165) is 77.3 Å². The molecular formula is C21H40IN5O2. The minimum absolute atomic E-state index is 0. The maximum absolute atomic E-state index is 12.4. The zero-order valence-electron chi connectivity index (χ0n) is 18.3. The van der Waals surface area contributed by atoms with Crippen molar-refractivity contribution in [3.8, 4) is 0 Å². The van der Waals surface area contributed by atoms with Gasteiger partial charge < -0.3 is 20.7 Å². The Morgan fingerprint density at radius 1 is 1.21 bits per heavy atom. The Hall–Kier alpha value is -0.610. The maximum atomic E-state index is 12.4. The molecule has 3 aliphatic rings. The average Bonchev–Trinajstić information content (AvgIpc) is 3.50. The fraction of sp³-hybridized carbons (Fsp3) is 0.905. The molecule has 3 rings (SSSR count). The summed E-state index contributed by atoms with van der Waals surface area (Å²) in [5.74, 6) is 1.28. The minimum Gasteiger partial charge on any atom is -0.379 e. The van der Waals surface area contributed by atoms with Gasteiger partial charge in [-0.05, 0) is 52.9 Å². The summed E-state index contributed by atoms with van der Waals surface area (Å²) in [4.78, 5) is 19.8. The summed E-state index contributed by atoms with van der Waals surface area (Å²) in [6.45, 7) is 10.7. The molecule has 1 saturated heterocycles. The summed E-state index contributed by atoms with van der Waals surface area (Å²) in [7, 11) is 0. The van der Waals surface area contributed by atoms with Gasteiger partial charge in [-0.15, -0.1) is 24.0 Å². The molecule has 0 radical (unpaired) electrons. The van der Waals surface area contributed by atoms with Crippen LogP contribution in [0.3, 0.4) is 0 Å². The number of halogens is 1. The van der Waals surface area contributed by atoms with Crippen LogP contribution in [0.1, 0.15) is 59.3 Å². The SMILES string of the molecule is CCNC(=NCC(C)N1CCOCC1C)NC1CCCC(C(=O)NC2CC2)C1.I. The van der Waals surface area contributed by atoms with Crippen molar-refractivity contribution in [2.75, 3.05) is 32.8 Å². The molecule has 1 aliphatic heterocycles. The Bertz CT molecular complexity index is 543. The number of carbonyl (C=O) groups is 1. The number of nitrogens with one attached hydrogen (secondary N) is 3. The third kappa shape index (κ3) is 7.86. The van der Waals surface area contributed by atoms with Crippen molar-refractivity contribution in [1.82, 2.24) is 20.9 Å². The Balaban J connectivity index is 0.00000300. The van der Waals surface area contributed by atoms with Crippen LogP contribution in [-0.2, 0) is 9.53 Å². The molecule has 29 heavy (non-hydrogen) atoms. The number of ether oxygens (including phenoxy) is 1. The third-order valence-electron chi connectivity index (χ3n) is 6.15. The Kier molecular flexibility index (Phi) is 10.5. The summed E-state index contributed by atoms with van der Waals surface area (Å²) in [5.41, 5.74) is 0. The molecule has 2 saturated carbocycles. The first-order valence-electron chi connectivity index (χ1n) is 11.3.